The molecule has 0 radical (unpaired) electrons. The number of hydrogen-bond donors (Lipinski definition) is 1. The highest BCUT2D eigenvalue weighted by Gasteiger charge is 2.16. The quantitative estimate of drug-likeness (QED) is 0.771. The number of aromatic nitrogens is 1. The van der Waals surface area contributed by atoms with Crippen LogP contribution in [0, 0.1) is 11.3 Å². The number of hydrogen-bond acceptors (Lipinski definition) is 4. The number of rotatable bonds is 5. The lowest BCUT2D eigenvalue weighted by molar-refractivity contribution is 0.181. The first kappa shape index (κ1) is 16.9. The Morgan fingerprint density at radius 2 is 1.88 bits per heavy atom. The van der Waals surface area contributed by atoms with Gasteiger partial charge < -0.3 is 9.84 Å². The summed E-state index contributed by atoms with van der Waals surface area (Å²) in [4.78, 5) is 4.57. The van der Waals surface area contributed by atoms with E-state index >= 15 is 0 Å². The highest BCUT2D eigenvalue weighted by atomic mass is 16.5. The van der Waals surface area contributed by atoms with Crippen LogP contribution in [0.15, 0.2) is 54.6 Å². The van der Waals surface area contributed by atoms with Gasteiger partial charge in [0.15, 0.2) is 0 Å². The van der Waals surface area contributed by atoms with Gasteiger partial charge >= 0.3 is 0 Å². The normalized spacial score (nSPS) is 13.2. The predicted molar refractivity (Wildman–Crippen MR) is 97.6 cm³/mol. The first-order chi connectivity index (χ1) is 12.1. The number of fused-ring (bicyclic) bond motifs is 1. The molecule has 1 heterocycles. The van der Waals surface area contributed by atoms with Gasteiger partial charge in [0, 0.05) is 17.4 Å². The summed E-state index contributed by atoms with van der Waals surface area (Å²) in [5.41, 5.74) is 3.85. The van der Waals surface area contributed by atoms with E-state index in [0.717, 1.165) is 27.6 Å². The molecule has 0 saturated heterocycles. The Balaban J connectivity index is 1.89. The maximum Gasteiger partial charge on any atom is 0.217 e. The van der Waals surface area contributed by atoms with E-state index < -0.39 is 12.0 Å². The molecule has 4 nitrogen and oxygen atoms in total. The van der Waals surface area contributed by atoms with Crippen molar-refractivity contribution >= 4 is 10.9 Å². The summed E-state index contributed by atoms with van der Waals surface area (Å²) in [5, 5.41) is 20.0. The number of methoxy groups -OCH3 is 1. The fourth-order valence-corrected chi connectivity index (χ4v) is 2.97. The van der Waals surface area contributed by atoms with Gasteiger partial charge in [-0.25, -0.2) is 4.98 Å². The van der Waals surface area contributed by atoms with Crippen LogP contribution in [0.2, 0.25) is 0 Å². The lowest BCUT2D eigenvalue weighted by Crippen LogP contribution is -2.12. The van der Waals surface area contributed by atoms with Gasteiger partial charge in [-0.3, -0.25) is 0 Å². The fourth-order valence-electron chi connectivity index (χ4n) is 2.97. The van der Waals surface area contributed by atoms with Crippen LogP contribution in [0.1, 0.15) is 29.5 Å². The van der Waals surface area contributed by atoms with Crippen molar-refractivity contribution in [2.24, 2.45) is 0 Å². The Bertz CT molecular complexity index is 911. The van der Waals surface area contributed by atoms with Gasteiger partial charge in [0.2, 0.25) is 5.88 Å². The van der Waals surface area contributed by atoms with E-state index in [1.807, 2.05) is 48.5 Å². The zero-order valence-electron chi connectivity index (χ0n) is 14.3. The molecule has 0 spiro atoms. The van der Waals surface area contributed by atoms with E-state index in [0.29, 0.717) is 12.3 Å². The maximum atomic E-state index is 9.69. The molecule has 25 heavy (non-hydrogen) atoms. The summed E-state index contributed by atoms with van der Waals surface area (Å²) in [6, 6.07) is 20.0. The molecule has 0 amide bonds. The number of nitrogens with zero attached hydrogens (tertiary/aromatic N) is 2. The zero-order valence-corrected chi connectivity index (χ0v) is 14.3. The molecule has 2 atom stereocenters. The molecule has 0 aliphatic carbocycles. The maximum absolute atomic E-state index is 9.69. The highest BCUT2D eigenvalue weighted by Crippen LogP contribution is 2.26. The standard InChI is InChI=1S/C21H20N2O2/c1-14(24)19(13-22)16-9-7-15(8-10-16)11-18-12-17-5-3-4-6-20(17)23-21(18)25-2/h3-10,12,14,19,24H,11H2,1-2H3. The van der Waals surface area contributed by atoms with Crippen molar-refractivity contribution in [2.75, 3.05) is 7.11 Å². The van der Waals surface area contributed by atoms with E-state index in [-0.39, 0.29) is 0 Å². The third kappa shape index (κ3) is 3.62. The molecule has 0 saturated carbocycles. The fraction of sp³-hybridized carbons (Fsp3) is 0.238. The monoisotopic (exact) mass is 332 g/mol. The summed E-state index contributed by atoms with van der Waals surface area (Å²) < 4.78 is 5.45. The van der Waals surface area contributed by atoms with E-state index in [4.69, 9.17) is 4.74 Å². The third-order valence-electron chi connectivity index (χ3n) is 4.31. The first-order valence-corrected chi connectivity index (χ1v) is 8.21. The Hall–Kier alpha value is -2.90. The second-order valence-corrected chi connectivity index (χ2v) is 6.12. The smallest absolute Gasteiger partial charge is 0.217 e. The van der Waals surface area contributed by atoms with Gasteiger partial charge in [-0.05, 0) is 30.2 Å². The molecule has 3 aromatic rings. The van der Waals surface area contributed by atoms with Gasteiger partial charge in [0.1, 0.15) is 0 Å². The summed E-state index contributed by atoms with van der Waals surface area (Å²) >= 11 is 0. The van der Waals surface area contributed by atoms with Gasteiger partial charge in [-0.15, -0.1) is 0 Å². The van der Waals surface area contributed by atoms with Crippen molar-refractivity contribution in [3.05, 3.63) is 71.3 Å². The first-order valence-electron chi connectivity index (χ1n) is 8.21. The molecule has 2 unspecified atom stereocenters. The molecule has 0 aliphatic heterocycles. The van der Waals surface area contributed by atoms with Gasteiger partial charge in [-0.2, -0.15) is 5.26 Å². The van der Waals surface area contributed by atoms with Crippen LogP contribution in [0.3, 0.4) is 0 Å². The van der Waals surface area contributed by atoms with Gasteiger partial charge in [-0.1, -0.05) is 42.5 Å². The summed E-state index contributed by atoms with van der Waals surface area (Å²) in [6.07, 6.45) is -0.00617. The lowest BCUT2D eigenvalue weighted by atomic mass is 9.94. The molecular weight excluding hydrogens is 312 g/mol. The summed E-state index contributed by atoms with van der Waals surface area (Å²) in [7, 11) is 1.63. The minimum absolute atomic E-state index is 0.508. The van der Waals surface area contributed by atoms with Gasteiger partial charge in [0.05, 0.1) is 30.7 Å². The molecule has 0 aliphatic rings. The van der Waals surface area contributed by atoms with Crippen molar-refractivity contribution in [1.82, 2.24) is 4.98 Å². The van der Waals surface area contributed by atoms with Crippen LogP contribution in [0.4, 0.5) is 0 Å². The average Bonchev–Trinajstić information content (AvgIpc) is 2.63. The molecule has 2 aromatic carbocycles. The van der Waals surface area contributed by atoms with Crippen LogP contribution in [0.25, 0.3) is 10.9 Å². The van der Waals surface area contributed by atoms with Crippen molar-refractivity contribution < 1.29 is 9.84 Å². The van der Waals surface area contributed by atoms with E-state index in [1.165, 1.54) is 0 Å². The number of benzene rings is 2. The zero-order chi connectivity index (χ0) is 17.8. The van der Waals surface area contributed by atoms with E-state index in [1.54, 1.807) is 14.0 Å². The molecule has 126 valence electrons. The molecule has 4 heteroatoms. The van der Waals surface area contributed by atoms with Crippen molar-refractivity contribution in [1.29, 1.82) is 5.26 Å². The number of ether oxygens (including phenoxy) is 1. The molecule has 1 N–H and O–H groups in total. The predicted octanol–water partition coefficient (Wildman–Crippen LogP) is 3.82. The average molecular weight is 332 g/mol. The minimum Gasteiger partial charge on any atom is -0.481 e. The molecule has 0 bridgehead atoms. The second-order valence-electron chi connectivity index (χ2n) is 6.12. The molecule has 3 rings (SSSR count). The van der Waals surface area contributed by atoms with Crippen molar-refractivity contribution in [3.8, 4) is 11.9 Å². The number of nitriles is 1. The lowest BCUT2D eigenvalue weighted by Gasteiger charge is -2.13. The minimum atomic E-state index is -0.694. The number of aliphatic hydroxyl groups excluding tert-OH is 1. The van der Waals surface area contributed by atoms with Crippen LogP contribution < -0.4 is 4.74 Å². The van der Waals surface area contributed by atoms with Crippen LogP contribution in [-0.2, 0) is 6.42 Å². The number of aliphatic hydroxyl groups is 1. The number of para-hydroxylation sites is 1. The van der Waals surface area contributed by atoms with Crippen LogP contribution >= 0.6 is 0 Å². The molecule has 1 aromatic heterocycles. The highest BCUT2D eigenvalue weighted by molar-refractivity contribution is 5.80. The topological polar surface area (TPSA) is 66.1 Å². The van der Waals surface area contributed by atoms with Crippen LogP contribution in [0.5, 0.6) is 5.88 Å². The Labute approximate surface area is 147 Å². The number of pyridine rings is 1. The third-order valence-corrected chi connectivity index (χ3v) is 4.31. The Kier molecular flexibility index (Phi) is 4.97. The van der Waals surface area contributed by atoms with Crippen LogP contribution in [-0.4, -0.2) is 23.3 Å². The van der Waals surface area contributed by atoms with Gasteiger partial charge in [0.25, 0.3) is 0 Å². The SMILES string of the molecule is COc1nc2ccccc2cc1Cc1ccc(C(C#N)C(C)O)cc1. The van der Waals surface area contributed by atoms with Crippen molar-refractivity contribution in [2.45, 2.75) is 25.4 Å². The van der Waals surface area contributed by atoms with E-state index in [2.05, 4.69) is 17.1 Å². The van der Waals surface area contributed by atoms with Crippen molar-refractivity contribution in [3.63, 3.8) is 0 Å². The van der Waals surface area contributed by atoms with E-state index in [9.17, 15) is 10.4 Å². The molecule has 0 fully saturated rings. The largest absolute Gasteiger partial charge is 0.481 e. The summed E-state index contributed by atoms with van der Waals surface area (Å²) in [6.45, 7) is 1.63. The molecular formula is C21H20N2O2. The summed E-state index contributed by atoms with van der Waals surface area (Å²) in [5.74, 6) is 0.118. The second kappa shape index (κ2) is 7.33. The Morgan fingerprint density at radius 3 is 2.52 bits per heavy atom. The Morgan fingerprint density at radius 1 is 1.16 bits per heavy atom.